The number of nitrogens with zero attached hydrogens (tertiary/aromatic N) is 1. The minimum atomic E-state index is -0.263. The lowest BCUT2D eigenvalue weighted by Gasteiger charge is -1.99. The summed E-state index contributed by atoms with van der Waals surface area (Å²) < 4.78 is 17.9. The molecular formula is C14H14FNO2S. The van der Waals surface area contributed by atoms with Crippen LogP contribution in [0, 0.1) is 12.7 Å². The van der Waals surface area contributed by atoms with E-state index in [0.29, 0.717) is 12.8 Å². The Morgan fingerprint density at radius 2 is 2.21 bits per heavy atom. The van der Waals surface area contributed by atoms with Gasteiger partial charge in [-0.05, 0) is 30.7 Å². The lowest BCUT2D eigenvalue weighted by Crippen LogP contribution is -2.01. The molecule has 1 heterocycles. The number of aryl methyl sites for hydroxylation is 2. The number of methoxy groups -OCH3 is 1. The second-order valence-electron chi connectivity index (χ2n) is 4.24. The number of aromatic nitrogens is 1. The van der Waals surface area contributed by atoms with Gasteiger partial charge in [0, 0.05) is 17.4 Å². The van der Waals surface area contributed by atoms with Gasteiger partial charge in [0.05, 0.1) is 19.2 Å². The summed E-state index contributed by atoms with van der Waals surface area (Å²) in [4.78, 5) is 15.5. The van der Waals surface area contributed by atoms with Crippen LogP contribution in [-0.4, -0.2) is 18.1 Å². The molecule has 0 bridgehead atoms. The van der Waals surface area contributed by atoms with Crippen molar-refractivity contribution in [2.45, 2.75) is 19.8 Å². The maximum absolute atomic E-state index is 13.3. The molecule has 0 spiro atoms. The van der Waals surface area contributed by atoms with E-state index in [4.69, 9.17) is 0 Å². The molecule has 0 aliphatic rings. The molecule has 5 heteroatoms. The average molecular weight is 279 g/mol. The fraction of sp³-hybridized carbons (Fsp3) is 0.286. The number of hydrogen-bond acceptors (Lipinski definition) is 4. The van der Waals surface area contributed by atoms with Gasteiger partial charge in [0.15, 0.2) is 0 Å². The predicted octanol–water partition coefficient (Wildman–Crippen LogP) is 3.36. The Bertz CT molecular complexity index is 575. The van der Waals surface area contributed by atoms with Crippen LogP contribution in [0.1, 0.15) is 17.7 Å². The second kappa shape index (κ2) is 5.93. The van der Waals surface area contributed by atoms with E-state index in [9.17, 15) is 9.18 Å². The molecule has 0 atom stereocenters. The third kappa shape index (κ3) is 3.61. The molecule has 0 saturated heterocycles. The van der Waals surface area contributed by atoms with Crippen LogP contribution in [0.4, 0.5) is 4.39 Å². The molecule has 1 aromatic carbocycles. The number of halogens is 1. The zero-order chi connectivity index (χ0) is 13.8. The van der Waals surface area contributed by atoms with Crippen LogP contribution >= 0.6 is 11.3 Å². The molecule has 1 aromatic heterocycles. The summed E-state index contributed by atoms with van der Waals surface area (Å²) >= 11 is 1.45. The minimum Gasteiger partial charge on any atom is -0.469 e. The van der Waals surface area contributed by atoms with E-state index in [1.54, 1.807) is 0 Å². The van der Waals surface area contributed by atoms with Gasteiger partial charge in [0.1, 0.15) is 10.8 Å². The number of benzene rings is 1. The third-order valence-corrected chi connectivity index (χ3v) is 3.59. The van der Waals surface area contributed by atoms with Crippen LogP contribution in [0.25, 0.3) is 10.6 Å². The first-order chi connectivity index (χ1) is 9.08. The molecule has 2 aromatic rings. The summed E-state index contributed by atoms with van der Waals surface area (Å²) in [6.07, 6.45) is 0.847. The van der Waals surface area contributed by atoms with Crippen LogP contribution in [0.3, 0.4) is 0 Å². The fourth-order valence-electron chi connectivity index (χ4n) is 1.75. The third-order valence-electron chi connectivity index (χ3n) is 2.65. The molecule has 0 radical (unpaired) electrons. The van der Waals surface area contributed by atoms with E-state index < -0.39 is 0 Å². The lowest BCUT2D eigenvalue weighted by atomic mass is 10.1. The largest absolute Gasteiger partial charge is 0.469 e. The molecule has 0 amide bonds. The fourth-order valence-corrected chi connectivity index (χ4v) is 2.59. The Balaban J connectivity index is 2.14. The van der Waals surface area contributed by atoms with E-state index in [-0.39, 0.29) is 11.8 Å². The first kappa shape index (κ1) is 13.7. The summed E-state index contributed by atoms with van der Waals surface area (Å²) in [5.41, 5.74) is 2.46. The van der Waals surface area contributed by atoms with Crippen molar-refractivity contribution in [2.75, 3.05) is 7.11 Å². The molecule has 0 N–H and O–H groups in total. The standard InChI is InChI=1S/C14H14FNO2S/c1-9-5-10(7-11(15)6-9)14-16-12(8-19-14)3-4-13(17)18-2/h5-8H,3-4H2,1-2H3. The van der Waals surface area contributed by atoms with Crippen molar-refractivity contribution in [3.63, 3.8) is 0 Å². The monoisotopic (exact) mass is 279 g/mol. The topological polar surface area (TPSA) is 39.2 Å². The summed E-state index contributed by atoms with van der Waals surface area (Å²) in [7, 11) is 1.37. The van der Waals surface area contributed by atoms with Gasteiger partial charge in [-0.2, -0.15) is 0 Å². The summed E-state index contributed by atoms with van der Waals surface area (Å²) in [5.74, 6) is -0.516. The van der Waals surface area contributed by atoms with Crippen LogP contribution < -0.4 is 0 Å². The van der Waals surface area contributed by atoms with E-state index >= 15 is 0 Å². The summed E-state index contributed by atoms with van der Waals surface area (Å²) in [6.45, 7) is 1.85. The molecule has 0 aliphatic heterocycles. The van der Waals surface area contributed by atoms with Crippen molar-refractivity contribution in [1.82, 2.24) is 4.98 Å². The SMILES string of the molecule is COC(=O)CCc1csc(-c2cc(C)cc(F)c2)n1. The number of esters is 1. The van der Waals surface area contributed by atoms with E-state index in [1.807, 2.05) is 18.4 Å². The Morgan fingerprint density at radius 1 is 1.42 bits per heavy atom. The smallest absolute Gasteiger partial charge is 0.305 e. The van der Waals surface area contributed by atoms with Crippen LogP contribution in [0.2, 0.25) is 0 Å². The summed E-state index contributed by atoms with van der Waals surface area (Å²) in [5, 5.41) is 2.65. The molecule has 100 valence electrons. The maximum atomic E-state index is 13.3. The zero-order valence-corrected chi connectivity index (χ0v) is 11.6. The Hall–Kier alpha value is -1.75. The van der Waals surface area contributed by atoms with Crippen molar-refractivity contribution >= 4 is 17.3 Å². The van der Waals surface area contributed by atoms with Crippen molar-refractivity contribution < 1.29 is 13.9 Å². The first-order valence-corrected chi connectivity index (χ1v) is 6.75. The van der Waals surface area contributed by atoms with Crippen molar-refractivity contribution in [1.29, 1.82) is 0 Å². The zero-order valence-electron chi connectivity index (χ0n) is 10.8. The normalized spacial score (nSPS) is 10.5. The number of ether oxygens (including phenoxy) is 1. The van der Waals surface area contributed by atoms with Gasteiger partial charge >= 0.3 is 5.97 Å². The second-order valence-corrected chi connectivity index (χ2v) is 5.10. The average Bonchev–Trinajstić information content (AvgIpc) is 2.83. The van der Waals surface area contributed by atoms with E-state index in [2.05, 4.69) is 9.72 Å². The van der Waals surface area contributed by atoms with Gasteiger partial charge in [0.2, 0.25) is 0 Å². The van der Waals surface area contributed by atoms with Crippen LogP contribution in [-0.2, 0) is 16.0 Å². The number of carbonyl (C=O) groups is 1. The van der Waals surface area contributed by atoms with Gasteiger partial charge in [-0.3, -0.25) is 4.79 Å². The van der Waals surface area contributed by atoms with Crippen molar-refractivity contribution in [2.24, 2.45) is 0 Å². The Labute approximate surface area is 115 Å². The van der Waals surface area contributed by atoms with Crippen molar-refractivity contribution in [3.05, 3.63) is 40.7 Å². The van der Waals surface area contributed by atoms with Gasteiger partial charge in [-0.1, -0.05) is 0 Å². The molecule has 0 aliphatic carbocycles. The maximum Gasteiger partial charge on any atom is 0.305 e. The lowest BCUT2D eigenvalue weighted by molar-refractivity contribution is -0.140. The highest BCUT2D eigenvalue weighted by Crippen LogP contribution is 2.26. The Morgan fingerprint density at radius 3 is 2.89 bits per heavy atom. The molecule has 3 nitrogen and oxygen atoms in total. The summed E-state index contributed by atoms with van der Waals surface area (Å²) in [6, 6.07) is 4.84. The predicted molar refractivity (Wildman–Crippen MR) is 72.6 cm³/mol. The minimum absolute atomic E-state index is 0.254. The number of rotatable bonds is 4. The molecule has 0 fully saturated rings. The van der Waals surface area contributed by atoms with Crippen LogP contribution in [0.5, 0.6) is 0 Å². The molecule has 19 heavy (non-hydrogen) atoms. The number of carbonyl (C=O) groups excluding carboxylic acids is 1. The van der Waals surface area contributed by atoms with Gasteiger partial charge in [-0.25, -0.2) is 9.37 Å². The van der Waals surface area contributed by atoms with E-state index in [1.165, 1.54) is 30.6 Å². The van der Waals surface area contributed by atoms with Gasteiger partial charge < -0.3 is 4.74 Å². The van der Waals surface area contributed by atoms with Gasteiger partial charge in [0.25, 0.3) is 0 Å². The highest BCUT2D eigenvalue weighted by Gasteiger charge is 2.08. The highest BCUT2D eigenvalue weighted by molar-refractivity contribution is 7.13. The van der Waals surface area contributed by atoms with Crippen LogP contribution in [0.15, 0.2) is 23.6 Å². The van der Waals surface area contributed by atoms with E-state index in [0.717, 1.165) is 21.8 Å². The number of thiazole rings is 1. The van der Waals surface area contributed by atoms with Crippen molar-refractivity contribution in [3.8, 4) is 10.6 Å². The molecule has 0 unspecified atom stereocenters. The van der Waals surface area contributed by atoms with Gasteiger partial charge in [-0.15, -0.1) is 11.3 Å². The highest BCUT2D eigenvalue weighted by atomic mass is 32.1. The Kier molecular flexibility index (Phi) is 4.27. The molecular weight excluding hydrogens is 265 g/mol. The molecule has 0 saturated carbocycles. The quantitative estimate of drug-likeness (QED) is 0.806. The molecule has 2 rings (SSSR count). The number of hydrogen-bond donors (Lipinski definition) is 0. The first-order valence-electron chi connectivity index (χ1n) is 5.87.